The molecule has 1 aliphatic rings. The fraction of sp³-hybridized carbons (Fsp3) is 0.250. The van der Waals surface area contributed by atoms with Gasteiger partial charge >= 0.3 is 0 Å². The lowest BCUT2D eigenvalue weighted by Gasteiger charge is -2.18. The molecule has 4 rings (SSSR count). The van der Waals surface area contributed by atoms with E-state index in [-0.39, 0.29) is 17.5 Å². The van der Waals surface area contributed by atoms with E-state index in [1.807, 2.05) is 18.2 Å². The van der Waals surface area contributed by atoms with E-state index < -0.39 is 0 Å². The molecule has 1 aromatic heterocycles. The summed E-state index contributed by atoms with van der Waals surface area (Å²) in [7, 11) is 0. The van der Waals surface area contributed by atoms with E-state index in [1.165, 1.54) is 28.7 Å². The number of rotatable bonds is 7. The van der Waals surface area contributed by atoms with Crippen molar-refractivity contribution in [2.45, 2.75) is 11.6 Å². The maximum Gasteiger partial charge on any atom is 0.230 e. The van der Waals surface area contributed by atoms with Crippen molar-refractivity contribution < 1.29 is 18.7 Å². The summed E-state index contributed by atoms with van der Waals surface area (Å²) in [5.41, 5.74) is 1.40. The first-order valence-corrected chi connectivity index (χ1v) is 10.1. The second kappa shape index (κ2) is 8.95. The molecule has 0 atom stereocenters. The summed E-state index contributed by atoms with van der Waals surface area (Å²) in [4.78, 5) is 12.2. The number of ether oxygens (including phenoxy) is 2. The van der Waals surface area contributed by atoms with E-state index in [1.54, 1.807) is 18.2 Å². The summed E-state index contributed by atoms with van der Waals surface area (Å²) in [5, 5.41) is 11.1. The number of thioether (sulfide) groups is 1. The Balaban J connectivity index is 1.27. The molecule has 0 fully saturated rings. The van der Waals surface area contributed by atoms with Crippen LogP contribution in [0.3, 0.4) is 0 Å². The predicted octanol–water partition coefficient (Wildman–Crippen LogP) is 2.63. The molecule has 1 amide bonds. The Kier molecular flexibility index (Phi) is 5.95. The molecule has 0 saturated heterocycles. The lowest BCUT2D eigenvalue weighted by atomic mass is 10.1. The molecule has 1 N–H and O–H groups in total. The van der Waals surface area contributed by atoms with E-state index in [2.05, 4.69) is 15.5 Å². The van der Waals surface area contributed by atoms with Gasteiger partial charge in [0.15, 0.2) is 16.7 Å². The maximum absolute atomic E-state index is 14.0. The van der Waals surface area contributed by atoms with Crippen LogP contribution in [0.15, 0.2) is 53.9 Å². The summed E-state index contributed by atoms with van der Waals surface area (Å²) in [6, 6.07) is 12.1. The van der Waals surface area contributed by atoms with Crippen molar-refractivity contribution >= 4 is 17.7 Å². The minimum Gasteiger partial charge on any atom is -0.486 e. The van der Waals surface area contributed by atoms with Crippen molar-refractivity contribution in [1.82, 2.24) is 20.1 Å². The molecule has 29 heavy (non-hydrogen) atoms. The Morgan fingerprint density at radius 1 is 1.17 bits per heavy atom. The maximum atomic E-state index is 14.0. The van der Waals surface area contributed by atoms with Crippen LogP contribution in [0.2, 0.25) is 0 Å². The molecular formula is C20H19FN4O3S. The zero-order valence-electron chi connectivity index (χ0n) is 15.5. The zero-order valence-corrected chi connectivity index (χ0v) is 16.3. The quantitative estimate of drug-likeness (QED) is 0.599. The van der Waals surface area contributed by atoms with Gasteiger partial charge in [-0.3, -0.25) is 9.36 Å². The number of amides is 1. The molecule has 0 unspecified atom stereocenters. The monoisotopic (exact) mass is 414 g/mol. The van der Waals surface area contributed by atoms with Crippen molar-refractivity contribution in [2.24, 2.45) is 0 Å². The summed E-state index contributed by atoms with van der Waals surface area (Å²) in [6.07, 6.45) is 2.11. The highest BCUT2D eigenvalue weighted by Gasteiger charge is 2.14. The molecule has 2 heterocycles. The molecule has 3 aromatic rings. The van der Waals surface area contributed by atoms with Crippen LogP contribution in [0.4, 0.5) is 4.39 Å². The third-order valence-corrected chi connectivity index (χ3v) is 5.25. The normalized spacial score (nSPS) is 12.6. The second-order valence-corrected chi connectivity index (χ2v) is 7.24. The van der Waals surface area contributed by atoms with Gasteiger partial charge in [-0.1, -0.05) is 30.0 Å². The Morgan fingerprint density at radius 2 is 2.00 bits per heavy atom. The van der Waals surface area contributed by atoms with Crippen LogP contribution >= 0.6 is 11.8 Å². The van der Waals surface area contributed by atoms with Gasteiger partial charge in [0, 0.05) is 6.54 Å². The number of nitrogens with one attached hydrogen (secondary N) is 1. The van der Waals surface area contributed by atoms with Crippen LogP contribution in [-0.4, -0.2) is 46.2 Å². The Labute approximate surface area is 171 Å². The van der Waals surface area contributed by atoms with Gasteiger partial charge in [0.2, 0.25) is 5.91 Å². The fourth-order valence-electron chi connectivity index (χ4n) is 2.91. The summed E-state index contributed by atoms with van der Waals surface area (Å²) in [6.45, 7) is 1.60. The van der Waals surface area contributed by atoms with E-state index in [0.717, 1.165) is 17.1 Å². The summed E-state index contributed by atoms with van der Waals surface area (Å²) in [5.74, 6) is 1.14. The fourth-order valence-corrected chi connectivity index (χ4v) is 3.66. The minimum absolute atomic E-state index is 0.129. The van der Waals surface area contributed by atoms with Crippen LogP contribution in [0, 0.1) is 5.82 Å². The highest BCUT2D eigenvalue weighted by atomic mass is 32.2. The SMILES string of the molecule is O=C(CSc1nncn1-c1ccccc1F)NCCc1ccc2c(c1)OCCO2. The number of hydrogen-bond donors (Lipinski definition) is 1. The lowest BCUT2D eigenvalue weighted by molar-refractivity contribution is -0.118. The first-order chi connectivity index (χ1) is 14.2. The van der Waals surface area contributed by atoms with Crippen molar-refractivity contribution in [3.8, 4) is 17.2 Å². The Hall–Kier alpha value is -3.07. The van der Waals surface area contributed by atoms with Gasteiger partial charge in [-0.25, -0.2) is 4.39 Å². The second-order valence-electron chi connectivity index (χ2n) is 6.30. The first kappa shape index (κ1) is 19.3. The molecule has 0 saturated carbocycles. The first-order valence-electron chi connectivity index (χ1n) is 9.13. The molecule has 0 radical (unpaired) electrons. The van der Waals surface area contributed by atoms with Gasteiger partial charge in [-0.05, 0) is 36.2 Å². The Bertz CT molecular complexity index is 1010. The number of benzene rings is 2. The largest absolute Gasteiger partial charge is 0.486 e. The molecule has 9 heteroatoms. The van der Waals surface area contributed by atoms with E-state index in [9.17, 15) is 9.18 Å². The van der Waals surface area contributed by atoms with Crippen LogP contribution in [-0.2, 0) is 11.2 Å². The zero-order chi connectivity index (χ0) is 20.1. The van der Waals surface area contributed by atoms with Gasteiger partial charge in [-0.2, -0.15) is 0 Å². The Morgan fingerprint density at radius 3 is 2.86 bits per heavy atom. The van der Waals surface area contributed by atoms with Crippen molar-refractivity contribution in [2.75, 3.05) is 25.5 Å². The number of nitrogens with zero attached hydrogens (tertiary/aromatic N) is 3. The van der Waals surface area contributed by atoms with E-state index in [4.69, 9.17) is 9.47 Å². The molecule has 0 aliphatic carbocycles. The third-order valence-electron chi connectivity index (χ3n) is 4.30. The smallest absolute Gasteiger partial charge is 0.230 e. The van der Waals surface area contributed by atoms with E-state index in [0.29, 0.717) is 37.0 Å². The van der Waals surface area contributed by atoms with Crippen molar-refractivity contribution in [3.05, 3.63) is 60.2 Å². The number of para-hydroxylation sites is 1. The summed E-state index contributed by atoms with van der Waals surface area (Å²) >= 11 is 1.20. The molecule has 1 aliphatic heterocycles. The molecular weight excluding hydrogens is 395 g/mol. The number of halogens is 1. The average Bonchev–Trinajstić information content (AvgIpc) is 3.21. The minimum atomic E-state index is -0.377. The van der Waals surface area contributed by atoms with E-state index >= 15 is 0 Å². The van der Waals surface area contributed by atoms with Crippen LogP contribution in [0.25, 0.3) is 5.69 Å². The van der Waals surface area contributed by atoms with Gasteiger partial charge in [0.05, 0.1) is 11.4 Å². The molecule has 7 nitrogen and oxygen atoms in total. The van der Waals surface area contributed by atoms with Crippen molar-refractivity contribution in [1.29, 1.82) is 0 Å². The summed E-state index contributed by atoms with van der Waals surface area (Å²) < 4.78 is 26.6. The number of carbonyl (C=O) groups is 1. The van der Waals surface area contributed by atoms with Gasteiger partial charge in [-0.15, -0.1) is 10.2 Å². The number of carbonyl (C=O) groups excluding carboxylic acids is 1. The lowest BCUT2D eigenvalue weighted by Crippen LogP contribution is -2.27. The number of fused-ring (bicyclic) bond motifs is 1. The molecule has 0 spiro atoms. The molecule has 0 bridgehead atoms. The van der Waals surface area contributed by atoms with Crippen molar-refractivity contribution in [3.63, 3.8) is 0 Å². The van der Waals surface area contributed by atoms with Crippen LogP contribution in [0.1, 0.15) is 5.56 Å². The highest BCUT2D eigenvalue weighted by Crippen LogP contribution is 2.30. The van der Waals surface area contributed by atoms with Crippen LogP contribution in [0.5, 0.6) is 11.5 Å². The van der Waals surface area contributed by atoms with Gasteiger partial charge in [0.1, 0.15) is 25.4 Å². The highest BCUT2D eigenvalue weighted by molar-refractivity contribution is 7.99. The third kappa shape index (κ3) is 4.68. The number of hydrogen-bond acceptors (Lipinski definition) is 6. The predicted molar refractivity (Wildman–Crippen MR) is 106 cm³/mol. The topological polar surface area (TPSA) is 78.3 Å². The van der Waals surface area contributed by atoms with Gasteiger partial charge < -0.3 is 14.8 Å². The number of aromatic nitrogens is 3. The molecule has 2 aromatic carbocycles. The molecule has 150 valence electrons. The average molecular weight is 414 g/mol. The van der Waals surface area contributed by atoms with Gasteiger partial charge in [0.25, 0.3) is 0 Å². The standard InChI is InChI=1S/C20H19FN4O3S/c21-15-3-1-2-4-16(15)25-13-23-24-20(25)29-12-19(26)22-8-7-14-5-6-17-18(11-14)28-10-9-27-17/h1-6,11,13H,7-10,12H2,(H,22,26). The van der Waals surface area contributed by atoms with Crippen LogP contribution < -0.4 is 14.8 Å².